The molecule has 1 atom stereocenters. The number of carbonyl (C=O) groups is 1. The van der Waals surface area contributed by atoms with Crippen molar-refractivity contribution < 1.29 is 9.53 Å². The van der Waals surface area contributed by atoms with Crippen LogP contribution in [0, 0.1) is 0 Å². The van der Waals surface area contributed by atoms with E-state index in [1.165, 1.54) is 25.7 Å². The van der Waals surface area contributed by atoms with Gasteiger partial charge in [-0.3, -0.25) is 9.69 Å². The molecule has 3 fully saturated rings. The Morgan fingerprint density at radius 1 is 0.923 bits per heavy atom. The smallest absolute Gasteiger partial charge is 0.227 e. The summed E-state index contributed by atoms with van der Waals surface area (Å²) in [5.41, 5.74) is 7.87. The summed E-state index contributed by atoms with van der Waals surface area (Å²) in [5, 5.41) is 7.31. The second-order valence-corrected chi connectivity index (χ2v) is 11.3. The number of nitrogens with zero attached hydrogens (tertiary/aromatic N) is 5. The highest BCUT2D eigenvalue weighted by atomic mass is 16.5. The van der Waals surface area contributed by atoms with Crippen molar-refractivity contribution in [3.8, 4) is 5.75 Å². The molecule has 39 heavy (non-hydrogen) atoms. The number of para-hydroxylation sites is 1. The van der Waals surface area contributed by atoms with Crippen LogP contribution < -0.4 is 21.1 Å². The summed E-state index contributed by atoms with van der Waals surface area (Å²) >= 11 is 0. The molecule has 208 valence electrons. The molecule has 6 rings (SSSR count). The minimum atomic E-state index is -0.583. The first-order valence-electron chi connectivity index (χ1n) is 14.6. The average molecular weight is 533 g/mol. The molecule has 1 unspecified atom stereocenters. The highest BCUT2D eigenvalue weighted by Crippen LogP contribution is 2.34. The van der Waals surface area contributed by atoms with Crippen LogP contribution in [0.5, 0.6) is 5.75 Å². The van der Waals surface area contributed by atoms with Gasteiger partial charge >= 0.3 is 0 Å². The third kappa shape index (κ3) is 6.01. The van der Waals surface area contributed by atoms with E-state index in [2.05, 4.69) is 20.1 Å². The van der Waals surface area contributed by atoms with E-state index in [4.69, 9.17) is 25.4 Å². The van der Waals surface area contributed by atoms with Gasteiger partial charge in [0.15, 0.2) is 23.3 Å². The largest absolute Gasteiger partial charge is 0.468 e. The van der Waals surface area contributed by atoms with Crippen molar-refractivity contribution in [2.75, 3.05) is 23.7 Å². The van der Waals surface area contributed by atoms with Crippen LogP contribution in [-0.2, 0) is 4.79 Å². The number of piperidine rings is 1. The van der Waals surface area contributed by atoms with Crippen LogP contribution in [0.2, 0.25) is 0 Å². The van der Waals surface area contributed by atoms with Crippen LogP contribution in [0.1, 0.15) is 70.3 Å². The first-order chi connectivity index (χ1) is 19.2. The number of benzene rings is 1. The molecule has 4 N–H and O–H groups in total. The quantitative estimate of drug-likeness (QED) is 0.349. The third-order valence-electron chi connectivity index (χ3n) is 8.59. The van der Waals surface area contributed by atoms with Gasteiger partial charge in [-0.2, -0.15) is 9.97 Å². The lowest BCUT2D eigenvalue weighted by molar-refractivity contribution is -0.122. The maximum absolute atomic E-state index is 11.8. The highest BCUT2D eigenvalue weighted by Gasteiger charge is 2.28. The summed E-state index contributed by atoms with van der Waals surface area (Å²) in [6, 6.07) is 10.8. The van der Waals surface area contributed by atoms with Gasteiger partial charge in [0.05, 0.1) is 6.33 Å². The number of carbonyl (C=O) groups excluding carboxylic acids is 1. The molecule has 2 aliphatic carbocycles. The van der Waals surface area contributed by atoms with Gasteiger partial charge < -0.3 is 25.7 Å². The van der Waals surface area contributed by atoms with E-state index < -0.39 is 6.23 Å². The molecule has 0 bridgehead atoms. The summed E-state index contributed by atoms with van der Waals surface area (Å²) in [6.45, 7) is 1.51. The van der Waals surface area contributed by atoms with E-state index in [9.17, 15) is 4.79 Å². The molecule has 2 saturated carbocycles. The van der Waals surface area contributed by atoms with Gasteiger partial charge in [0, 0.05) is 37.3 Å². The summed E-state index contributed by atoms with van der Waals surface area (Å²) in [7, 11) is 0. The fraction of sp³-hybridized carbons (Fsp3) is 0.586. The van der Waals surface area contributed by atoms with Crippen molar-refractivity contribution in [3.05, 3.63) is 36.7 Å². The number of ether oxygens (including phenoxy) is 1. The second-order valence-electron chi connectivity index (χ2n) is 11.3. The monoisotopic (exact) mass is 532 g/mol. The Balaban J connectivity index is 1.17. The fourth-order valence-corrected chi connectivity index (χ4v) is 6.30. The Bertz CT molecular complexity index is 1230. The summed E-state index contributed by atoms with van der Waals surface area (Å²) in [6.07, 6.45) is 13.0. The molecule has 1 aromatic carbocycles. The molecule has 1 saturated heterocycles. The topological polar surface area (TPSA) is 123 Å². The summed E-state index contributed by atoms with van der Waals surface area (Å²) < 4.78 is 8.21. The van der Waals surface area contributed by atoms with Crippen molar-refractivity contribution in [1.29, 1.82) is 0 Å². The van der Waals surface area contributed by atoms with E-state index in [1.807, 2.05) is 36.7 Å². The van der Waals surface area contributed by atoms with Crippen molar-refractivity contribution in [2.45, 2.75) is 94.6 Å². The number of rotatable bonds is 9. The molecular weight excluding hydrogens is 492 g/mol. The van der Waals surface area contributed by atoms with Gasteiger partial charge in [-0.05, 0) is 63.5 Å². The minimum Gasteiger partial charge on any atom is -0.468 e. The SMILES string of the molecule is NC1CCC(Nc2nc(NC3CCN(C(C=O)Oc4ccccc4)CC3)c3ncn(C4CCCC4)c3n2)CC1. The lowest BCUT2D eigenvalue weighted by atomic mass is 9.92. The predicted molar refractivity (Wildman–Crippen MR) is 152 cm³/mol. The van der Waals surface area contributed by atoms with Gasteiger partial charge in [-0.25, -0.2) is 4.98 Å². The number of fused-ring (bicyclic) bond motifs is 1. The molecule has 2 aromatic heterocycles. The molecule has 0 amide bonds. The number of hydrogen-bond donors (Lipinski definition) is 3. The minimum absolute atomic E-state index is 0.223. The van der Waals surface area contributed by atoms with Crippen LogP contribution in [0.3, 0.4) is 0 Å². The van der Waals surface area contributed by atoms with Crippen molar-refractivity contribution in [1.82, 2.24) is 24.4 Å². The van der Waals surface area contributed by atoms with Crippen LogP contribution in [0.25, 0.3) is 11.2 Å². The lowest BCUT2D eigenvalue weighted by Crippen LogP contribution is -2.47. The van der Waals surface area contributed by atoms with Crippen LogP contribution in [0.4, 0.5) is 11.8 Å². The predicted octanol–water partition coefficient (Wildman–Crippen LogP) is 4.10. The van der Waals surface area contributed by atoms with E-state index in [0.717, 1.165) is 74.9 Å². The van der Waals surface area contributed by atoms with Gasteiger partial charge in [0.25, 0.3) is 0 Å². The second kappa shape index (κ2) is 11.9. The zero-order valence-corrected chi connectivity index (χ0v) is 22.5. The lowest BCUT2D eigenvalue weighted by Gasteiger charge is -2.35. The number of nitrogens with one attached hydrogen (secondary N) is 2. The van der Waals surface area contributed by atoms with Crippen LogP contribution in [-0.4, -0.2) is 68.1 Å². The Kier molecular flexibility index (Phi) is 7.92. The molecule has 1 aliphatic heterocycles. The summed E-state index contributed by atoms with van der Waals surface area (Å²) in [5.74, 6) is 2.16. The number of likely N-dealkylation sites (tertiary alicyclic amines) is 1. The first kappa shape index (κ1) is 26.0. The maximum Gasteiger partial charge on any atom is 0.227 e. The molecule has 0 spiro atoms. The van der Waals surface area contributed by atoms with Crippen molar-refractivity contribution in [2.24, 2.45) is 5.73 Å². The first-order valence-corrected chi connectivity index (χ1v) is 14.6. The summed E-state index contributed by atoms with van der Waals surface area (Å²) in [4.78, 5) is 28.6. The maximum atomic E-state index is 11.8. The van der Waals surface area contributed by atoms with E-state index >= 15 is 0 Å². The Morgan fingerprint density at radius 3 is 2.36 bits per heavy atom. The molecule has 3 aromatic rings. The van der Waals surface area contributed by atoms with E-state index in [-0.39, 0.29) is 6.04 Å². The van der Waals surface area contributed by atoms with E-state index in [1.54, 1.807) is 0 Å². The number of aldehydes is 1. The molecule has 0 radical (unpaired) electrons. The van der Waals surface area contributed by atoms with Gasteiger partial charge in [-0.1, -0.05) is 31.0 Å². The molecule has 3 heterocycles. The molecule has 3 aliphatic rings. The van der Waals surface area contributed by atoms with Gasteiger partial charge in [-0.15, -0.1) is 0 Å². The van der Waals surface area contributed by atoms with Gasteiger partial charge in [0.2, 0.25) is 12.2 Å². The average Bonchev–Trinajstić information content (AvgIpc) is 3.65. The standard InChI is InChI=1S/C29H40N8O2/c30-20-10-12-21(13-11-20)33-29-34-27(26-28(35-29)37(19-31-26)23-6-4-5-7-23)32-22-14-16-36(17-15-22)25(18-38)39-24-8-2-1-3-9-24/h1-3,8-9,18-23,25H,4-7,10-17,30H2,(H2,32,33,34,35). The number of aromatic nitrogens is 4. The highest BCUT2D eigenvalue weighted by molar-refractivity contribution is 5.84. The van der Waals surface area contributed by atoms with Gasteiger partial charge in [0.1, 0.15) is 5.75 Å². The number of nitrogens with two attached hydrogens (primary N) is 1. The molecule has 10 heteroatoms. The Hall–Kier alpha value is -3.24. The van der Waals surface area contributed by atoms with Crippen LogP contribution in [0.15, 0.2) is 36.7 Å². The third-order valence-corrected chi connectivity index (χ3v) is 8.59. The normalized spacial score (nSPS) is 24.0. The van der Waals surface area contributed by atoms with Crippen molar-refractivity contribution in [3.63, 3.8) is 0 Å². The fourth-order valence-electron chi connectivity index (χ4n) is 6.30. The zero-order chi connectivity index (χ0) is 26.6. The number of hydrogen-bond acceptors (Lipinski definition) is 9. The molecule has 10 nitrogen and oxygen atoms in total. The zero-order valence-electron chi connectivity index (χ0n) is 22.5. The number of anilines is 2. The molecular formula is C29H40N8O2. The Morgan fingerprint density at radius 2 is 1.64 bits per heavy atom. The van der Waals surface area contributed by atoms with Crippen LogP contribution >= 0.6 is 0 Å². The van der Waals surface area contributed by atoms with E-state index in [0.29, 0.717) is 29.8 Å². The van der Waals surface area contributed by atoms with Crippen molar-refractivity contribution >= 4 is 29.2 Å². The Labute approximate surface area is 229 Å². The number of imidazole rings is 1.